The van der Waals surface area contributed by atoms with E-state index >= 15 is 0 Å². The number of carboxylic acid groups (broad SMARTS) is 2. The molecule has 4 atom stereocenters. The Hall–Kier alpha value is -3.26. The predicted octanol–water partition coefficient (Wildman–Crippen LogP) is -3.37. The van der Waals surface area contributed by atoms with Gasteiger partial charge in [-0.3, -0.25) is 24.0 Å². The Labute approximate surface area is 184 Å². The van der Waals surface area contributed by atoms with Crippen LogP contribution in [0.2, 0.25) is 0 Å². The number of carbonyl (C=O) groups excluding carboxylic acids is 4. The van der Waals surface area contributed by atoms with Crippen LogP contribution in [0.3, 0.4) is 0 Å². The number of rotatable bonds is 15. The molecule has 0 heterocycles. The molecule has 0 aliphatic rings. The van der Waals surface area contributed by atoms with Crippen LogP contribution in [0.5, 0.6) is 0 Å². The van der Waals surface area contributed by atoms with Crippen LogP contribution in [0.4, 0.5) is 0 Å². The fourth-order valence-corrected chi connectivity index (χ4v) is 2.48. The van der Waals surface area contributed by atoms with E-state index in [4.69, 9.17) is 16.6 Å². The van der Waals surface area contributed by atoms with E-state index in [1.165, 1.54) is 0 Å². The Morgan fingerprint density at radius 3 is 1.81 bits per heavy atom. The maximum absolute atomic E-state index is 12.5. The lowest BCUT2D eigenvalue weighted by atomic mass is 10.0. The third-order valence-electron chi connectivity index (χ3n) is 4.36. The van der Waals surface area contributed by atoms with Gasteiger partial charge in [-0.1, -0.05) is 13.8 Å². The topological polar surface area (TPSA) is 251 Å². The van der Waals surface area contributed by atoms with Crippen LogP contribution in [-0.2, 0) is 28.8 Å². The van der Waals surface area contributed by atoms with Crippen molar-refractivity contribution in [2.75, 3.05) is 6.61 Å². The Morgan fingerprint density at radius 1 is 0.812 bits per heavy atom. The number of primary amides is 1. The highest BCUT2D eigenvalue weighted by molar-refractivity contribution is 5.94. The van der Waals surface area contributed by atoms with Crippen LogP contribution in [0, 0.1) is 5.92 Å². The molecular weight excluding hydrogens is 430 g/mol. The average Bonchev–Trinajstić information content (AvgIpc) is 2.69. The van der Waals surface area contributed by atoms with Gasteiger partial charge in [0.15, 0.2) is 0 Å². The molecule has 14 heteroatoms. The molecule has 0 fully saturated rings. The number of aliphatic carboxylic acids is 2. The Morgan fingerprint density at radius 2 is 1.38 bits per heavy atom. The van der Waals surface area contributed by atoms with Crippen molar-refractivity contribution in [1.29, 1.82) is 0 Å². The van der Waals surface area contributed by atoms with Gasteiger partial charge in [-0.15, -0.1) is 0 Å². The number of nitrogens with one attached hydrogen (secondary N) is 3. The number of nitrogens with two attached hydrogens (primary N) is 2. The minimum Gasteiger partial charge on any atom is -0.481 e. The second kappa shape index (κ2) is 13.9. The maximum atomic E-state index is 12.5. The van der Waals surface area contributed by atoms with Gasteiger partial charge in [-0.25, -0.2) is 4.79 Å². The van der Waals surface area contributed by atoms with E-state index in [-0.39, 0.29) is 19.3 Å². The van der Waals surface area contributed by atoms with E-state index in [1.807, 2.05) is 0 Å². The smallest absolute Gasteiger partial charge is 0.326 e. The quantitative estimate of drug-likeness (QED) is 0.120. The Balaban J connectivity index is 5.15. The Bertz CT molecular complexity index is 713. The number of aliphatic hydroxyl groups is 1. The molecule has 32 heavy (non-hydrogen) atoms. The minimum atomic E-state index is -1.49. The summed E-state index contributed by atoms with van der Waals surface area (Å²) in [6, 6.07) is -5.38. The van der Waals surface area contributed by atoms with Gasteiger partial charge in [-0.2, -0.15) is 0 Å². The molecule has 0 saturated carbocycles. The van der Waals surface area contributed by atoms with E-state index in [0.717, 1.165) is 0 Å². The molecule has 0 saturated heterocycles. The average molecular weight is 461 g/mol. The SMILES string of the molecule is CC(C)C(NC(=O)C(CO)NC(=O)C(N)CCC(N)=O)C(=O)NC(CCC(=O)O)C(=O)O. The lowest BCUT2D eigenvalue weighted by Crippen LogP contribution is -2.59. The van der Waals surface area contributed by atoms with Crippen molar-refractivity contribution in [3.05, 3.63) is 0 Å². The first kappa shape index (κ1) is 28.7. The molecule has 10 N–H and O–H groups in total. The minimum absolute atomic E-state index is 0.0785. The van der Waals surface area contributed by atoms with Crippen LogP contribution in [0.15, 0.2) is 0 Å². The summed E-state index contributed by atoms with van der Waals surface area (Å²) in [5.74, 6) is -6.53. The first-order valence-electron chi connectivity index (χ1n) is 9.80. The van der Waals surface area contributed by atoms with Crippen LogP contribution in [0.25, 0.3) is 0 Å². The number of aliphatic hydroxyl groups excluding tert-OH is 1. The number of hydrogen-bond acceptors (Lipinski definition) is 8. The third-order valence-corrected chi connectivity index (χ3v) is 4.36. The van der Waals surface area contributed by atoms with Gasteiger partial charge in [0.05, 0.1) is 12.6 Å². The molecule has 182 valence electrons. The van der Waals surface area contributed by atoms with Gasteiger partial charge in [0.25, 0.3) is 0 Å². The van der Waals surface area contributed by atoms with E-state index in [1.54, 1.807) is 13.8 Å². The highest BCUT2D eigenvalue weighted by atomic mass is 16.4. The summed E-state index contributed by atoms with van der Waals surface area (Å²) in [5.41, 5.74) is 10.6. The van der Waals surface area contributed by atoms with Gasteiger partial charge in [0.1, 0.15) is 18.1 Å². The summed E-state index contributed by atoms with van der Waals surface area (Å²) in [7, 11) is 0. The van der Waals surface area contributed by atoms with E-state index in [0.29, 0.717) is 0 Å². The van der Waals surface area contributed by atoms with E-state index in [2.05, 4.69) is 16.0 Å². The van der Waals surface area contributed by atoms with E-state index < -0.39 is 78.7 Å². The van der Waals surface area contributed by atoms with Gasteiger partial charge in [0.2, 0.25) is 23.6 Å². The summed E-state index contributed by atoms with van der Waals surface area (Å²) < 4.78 is 0. The maximum Gasteiger partial charge on any atom is 0.326 e. The standard InChI is InChI=1S/C18H31N5O9/c1-8(2)14(17(30)21-10(18(31)32)4-6-13(26)27)23-16(29)11(7-24)22-15(28)9(19)3-5-12(20)25/h8-11,14,24H,3-7,19H2,1-2H3,(H2,20,25)(H,21,30)(H,22,28)(H,23,29)(H,26,27)(H,31,32). The van der Waals surface area contributed by atoms with Gasteiger partial charge >= 0.3 is 11.9 Å². The monoisotopic (exact) mass is 461 g/mol. The summed E-state index contributed by atoms with van der Waals surface area (Å²) in [6.07, 6.45) is -1.10. The highest BCUT2D eigenvalue weighted by Crippen LogP contribution is 2.06. The van der Waals surface area contributed by atoms with Crippen LogP contribution >= 0.6 is 0 Å². The normalized spacial score (nSPS) is 14.5. The van der Waals surface area contributed by atoms with Crippen molar-refractivity contribution in [2.24, 2.45) is 17.4 Å². The molecule has 4 amide bonds. The molecule has 0 bridgehead atoms. The molecule has 0 aliphatic carbocycles. The number of amides is 4. The summed E-state index contributed by atoms with van der Waals surface area (Å²) >= 11 is 0. The molecule has 14 nitrogen and oxygen atoms in total. The number of hydrogen-bond donors (Lipinski definition) is 8. The van der Waals surface area contributed by atoms with Crippen molar-refractivity contribution in [2.45, 2.75) is 63.7 Å². The van der Waals surface area contributed by atoms with Crippen molar-refractivity contribution < 1.29 is 44.1 Å². The molecule has 0 aliphatic heterocycles. The zero-order valence-electron chi connectivity index (χ0n) is 17.9. The molecular formula is C18H31N5O9. The first-order chi connectivity index (χ1) is 14.8. The van der Waals surface area contributed by atoms with Gasteiger partial charge in [0, 0.05) is 12.8 Å². The van der Waals surface area contributed by atoms with Crippen molar-refractivity contribution in [3.8, 4) is 0 Å². The molecule has 0 aromatic rings. The molecule has 0 rings (SSSR count). The molecule has 4 unspecified atom stereocenters. The fraction of sp³-hybridized carbons (Fsp3) is 0.667. The second-order valence-corrected chi connectivity index (χ2v) is 7.42. The van der Waals surface area contributed by atoms with Gasteiger partial charge < -0.3 is 42.7 Å². The summed E-state index contributed by atoms with van der Waals surface area (Å²) in [6.45, 7) is 2.29. The largest absolute Gasteiger partial charge is 0.481 e. The highest BCUT2D eigenvalue weighted by Gasteiger charge is 2.31. The molecule has 0 aromatic heterocycles. The molecule has 0 aromatic carbocycles. The fourth-order valence-electron chi connectivity index (χ4n) is 2.48. The molecule has 0 spiro atoms. The van der Waals surface area contributed by atoms with Crippen molar-refractivity contribution in [1.82, 2.24) is 16.0 Å². The van der Waals surface area contributed by atoms with Gasteiger partial charge in [-0.05, 0) is 18.8 Å². The summed E-state index contributed by atoms with van der Waals surface area (Å²) in [4.78, 5) is 69.8. The third kappa shape index (κ3) is 10.7. The molecule has 0 radical (unpaired) electrons. The zero-order valence-corrected chi connectivity index (χ0v) is 17.9. The first-order valence-corrected chi connectivity index (χ1v) is 9.80. The van der Waals surface area contributed by atoms with Crippen molar-refractivity contribution in [3.63, 3.8) is 0 Å². The lowest BCUT2D eigenvalue weighted by molar-refractivity contribution is -0.143. The summed E-state index contributed by atoms with van der Waals surface area (Å²) in [5, 5.41) is 34.0. The number of carbonyl (C=O) groups is 6. The second-order valence-electron chi connectivity index (χ2n) is 7.42. The predicted molar refractivity (Wildman–Crippen MR) is 109 cm³/mol. The zero-order chi connectivity index (χ0) is 25.0. The Kier molecular flexibility index (Phi) is 12.5. The lowest BCUT2D eigenvalue weighted by Gasteiger charge is -2.26. The van der Waals surface area contributed by atoms with Crippen molar-refractivity contribution >= 4 is 35.6 Å². The number of carboxylic acids is 2. The van der Waals surface area contributed by atoms with E-state index in [9.17, 15) is 39.0 Å². The van der Waals surface area contributed by atoms with Crippen LogP contribution in [0.1, 0.15) is 39.5 Å². The van der Waals surface area contributed by atoms with Crippen LogP contribution in [-0.4, -0.2) is 81.7 Å². The van der Waals surface area contributed by atoms with Crippen LogP contribution < -0.4 is 27.4 Å².